The quantitative estimate of drug-likeness (QED) is 0.250. The van der Waals surface area contributed by atoms with Crippen LogP contribution >= 0.6 is 0 Å². The molecule has 40 heavy (non-hydrogen) atoms. The number of nitrogens with one attached hydrogen (secondary N) is 3. The molecule has 1 aliphatic heterocycles. The lowest BCUT2D eigenvalue weighted by molar-refractivity contribution is 0.463. The first-order valence-corrected chi connectivity index (χ1v) is 15.2. The average molecular weight is 561 g/mol. The highest BCUT2D eigenvalue weighted by Crippen LogP contribution is 2.39. The molecule has 210 valence electrons. The van der Waals surface area contributed by atoms with Crippen LogP contribution in [0.2, 0.25) is 0 Å². The molecule has 5 rings (SSSR count). The highest BCUT2D eigenvalue weighted by Gasteiger charge is 2.23. The molecule has 1 fully saturated rings. The van der Waals surface area contributed by atoms with E-state index >= 15 is 0 Å². The van der Waals surface area contributed by atoms with Gasteiger partial charge in [0.15, 0.2) is 0 Å². The predicted octanol–water partition coefficient (Wildman–Crippen LogP) is 5.74. The van der Waals surface area contributed by atoms with Crippen LogP contribution in [0.4, 0.5) is 11.6 Å². The first kappa shape index (κ1) is 27.8. The van der Waals surface area contributed by atoms with Crippen LogP contribution in [0.5, 0.6) is 11.6 Å². The van der Waals surface area contributed by atoms with Gasteiger partial charge < -0.3 is 15.4 Å². The van der Waals surface area contributed by atoms with Gasteiger partial charge in [-0.2, -0.15) is 0 Å². The second kappa shape index (κ2) is 11.4. The Morgan fingerprint density at radius 1 is 1.02 bits per heavy atom. The highest BCUT2D eigenvalue weighted by atomic mass is 32.2. The van der Waals surface area contributed by atoms with E-state index in [9.17, 15) is 8.42 Å². The number of rotatable bonds is 8. The first-order chi connectivity index (χ1) is 19.1. The van der Waals surface area contributed by atoms with Crippen LogP contribution in [0, 0.1) is 12.3 Å². The van der Waals surface area contributed by atoms with Crippen LogP contribution in [-0.4, -0.2) is 48.3 Å². The summed E-state index contributed by atoms with van der Waals surface area (Å²) in [5.74, 6) is 1.58. The van der Waals surface area contributed by atoms with Gasteiger partial charge in [0.25, 0.3) is 0 Å². The van der Waals surface area contributed by atoms with Crippen LogP contribution < -0.4 is 20.1 Å². The van der Waals surface area contributed by atoms with Crippen molar-refractivity contribution < 1.29 is 13.2 Å². The zero-order valence-corrected chi connectivity index (χ0v) is 24.2. The van der Waals surface area contributed by atoms with Crippen molar-refractivity contribution in [2.75, 3.05) is 28.9 Å². The molecule has 0 radical (unpaired) electrons. The van der Waals surface area contributed by atoms with Crippen molar-refractivity contribution in [3.8, 4) is 22.9 Å². The molecule has 3 heterocycles. The monoisotopic (exact) mass is 560 g/mol. The number of nitrogens with zero attached hydrogens (tertiary/aromatic N) is 3. The molecular formula is C30H36N6O3S. The molecule has 2 aromatic carbocycles. The molecule has 1 saturated heterocycles. The fraction of sp³-hybridized carbons (Fsp3) is 0.367. The SMILES string of the molecule is Cc1ccc2c(NS(=O)(=O)CC(C)(C)C)cccc2c1Oc1ncccc1-c1ccnc(N[C@H]2CCCNC2)n1. The third kappa shape index (κ3) is 6.68. The van der Waals surface area contributed by atoms with Crippen LogP contribution in [0.1, 0.15) is 39.2 Å². The van der Waals surface area contributed by atoms with Crippen molar-refractivity contribution in [1.29, 1.82) is 0 Å². The number of piperidine rings is 1. The van der Waals surface area contributed by atoms with Gasteiger partial charge in [-0.1, -0.05) is 45.0 Å². The minimum atomic E-state index is -3.55. The fourth-order valence-electron chi connectivity index (χ4n) is 4.94. The first-order valence-electron chi connectivity index (χ1n) is 13.5. The summed E-state index contributed by atoms with van der Waals surface area (Å²) in [6.45, 7) is 9.58. The Morgan fingerprint density at radius 3 is 2.65 bits per heavy atom. The summed E-state index contributed by atoms with van der Waals surface area (Å²) in [5.41, 5.74) is 2.46. The molecular weight excluding hydrogens is 524 g/mol. The number of sulfonamides is 1. The molecule has 4 aromatic rings. The molecule has 1 atom stereocenters. The second-order valence-electron chi connectivity index (χ2n) is 11.4. The Bertz CT molecular complexity index is 1610. The van der Waals surface area contributed by atoms with Crippen LogP contribution in [-0.2, 0) is 10.0 Å². The topological polar surface area (TPSA) is 118 Å². The summed E-state index contributed by atoms with van der Waals surface area (Å²) >= 11 is 0. The maximum absolute atomic E-state index is 12.9. The van der Waals surface area contributed by atoms with E-state index in [1.54, 1.807) is 18.5 Å². The van der Waals surface area contributed by atoms with E-state index in [1.165, 1.54) is 0 Å². The maximum Gasteiger partial charge on any atom is 0.233 e. The lowest BCUT2D eigenvalue weighted by Gasteiger charge is -2.23. The Balaban J connectivity index is 1.47. The summed E-state index contributed by atoms with van der Waals surface area (Å²) in [4.78, 5) is 13.7. The number of hydrogen-bond donors (Lipinski definition) is 3. The van der Waals surface area contributed by atoms with Crippen LogP contribution in [0.3, 0.4) is 0 Å². The lowest BCUT2D eigenvalue weighted by Crippen LogP contribution is -2.38. The number of ether oxygens (including phenoxy) is 1. The van der Waals surface area contributed by atoms with Crippen molar-refractivity contribution >= 4 is 32.4 Å². The maximum atomic E-state index is 12.9. The minimum absolute atomic E-state index is 0.00986. The van der Waals surface area contributed by atoms with Gasteiger partial charge in [-0.3, -0.25) is 4.72 Å². The molecule has 0 saturated carbocycles. The summed E-state index contributed by atoms with van der Waals surface area (Å²) in [6, 6.07) is 15.2. The molecule has 0 unspecified atom stereocenters. The average Bonchev–Trinajstić information content (AvgIpc) is 2.90. The third-order valence-electron chi connectivity index (χ3n) is 6.63. The van der Waals surface area contributed by atoms with E-state index in [1.807, 2.05) is 70.2 Å². The van der Waals surface area contributed by atoms with E-state index in [0.717, 1.165) is 47.8 Å². The molecule has 3 N–H and O–H groups in total. The van der Waals surface area contributed by atoms with Gasteiger partial charge in [-0.05, 0) is 61.6 Å². The lowest BCUT2D eigenvalue weighted by atomic mass is 10.0. The molecule has 10 heteroatoms. The zero-order valence-electron chi connectivity index (χ0n) is 23.4. The van der Waals surface area contributed by atoms with Gasteiger partial charge in [0.1, 0.15) is 5.75 Å². The van der Waals surface area contributed by atoms with Crippen LogP contribution in [0.25, 0.3) is 22.0 Å². The van der Waals surface area contributed by atoms with E-state index in [4.69, 9.17) is 9.72 Å². The Labute approximate surface area is 235 Å². The summed E-state index contributed by atoms with van der Waals surface area (Å²) in [6.07, 6.45) is 5.59. The van der Waals surface area contributed by atoms with E-state index in [0.29, 0.717) is 29.0 Å². The molecule has 0 spiro atoms. The number of aromatic nitrogens is 3. The minimum Gasteiger partial charge on any atom is -0.437 e. The Kier molecular flexibility index (Phi) is 7.91. The normalized spacial score (nSPS) is 16.1. The molecule has 0 bridgehead atoms. The molecule has 0 aliphatic carbocycles. The number of benzene rings is 2. The van der Waals surface area contributed by atoms with Crippen molar-refractivity contribution in [2.24, 2.45) is 5.41 Å². The highest BCUT2D eigenvalue weighted by molar-refractivity contribution is 7.92. The summed E-state index contributed by atoms with van der Waals surface area (Å²) in [7, 11) is -3.55. The van der Waals surface area contributed by atoms with Gasteiger partial charge in [0, 0.05) is 35.8 Å². The van der Waals surface area contributed by atoms with Crippen molar-refractivity contribution in [3.63, 3.8) is 0 Å². The molecule has 2 aromatic heterocycles. The second-order valence-corrected chi connectivity index (χ2v) is 13.2. The molecule has 0 amide bonds. The number of hydrogen-bond acceptors (Lipinski definition) is 8. The van der Waals surface area contributed by atoms with Crippen molar-refractivity contribution in [3.05, 3.63) is 66.5 Å². The molecule has 9 nitrogen and oxygen atoms in total. The standard InChI is InChI=1S/C30H36N6O3S/c1-20-12-13-22-23(9-5-11-26(22)36-40(37,38)19-30(2,3)4)27(20)39-28-24(10-7-16-32-28)25-14-17-33-29(35-25)34-21-8-6-15-31-18-21/h5,7,9-14,16-17,21,31,36H,6,8,15,18-19H2,1-4H3,(H,33,34,35)/t21-/m0/s1. The van der Waals surface area contributed by atoms with E-state index in [-0.39, 0.29) is 17.2 Å². The Hall–Kier alpha value is -3.76. The predicted molar refractivity (Wildman–Crippen MR) is 160 cm³/mol. The molecule has 1 aliphatic rings. The number of fused-ring (bicyclic) bond motifs is 1. The van der Waals surface area contributed by atoms with Gasteiger partial charge in [-0.15, -0.1) is 0 Å². The van der Waals surface area contributed by atoms with Gasteiger partial charge in [0.05, 0.1) is 22.7 Å². The van der Waals surface area contributed by atoms with E-state index in [2.05, 4.69) is 25.3 Å². The van der Waals surface area contributed by atoms with E-state index < -0.39 is 10.0 Å². The Morgan fingerprint density at radius 2 is 1.88 bits per heavy atom. The van der Waals surface area contributed by atoms with Crippen molar-refractivity contribution in [2.45, 2.75) is 46.6 Å². The number of pyridine rings is 1. The van der Waals surface area contributed by atoms with Gasteiger partial charge in [-0.25, -0.2) is 23.4 Å². The zero-order chi connectivity index (χ0) is 28.3. The number of aryl methyl sites for hydroxylation is 1. The van der Waals surface area contributed by atoms with Crippen molar-refractivity contribution in [1.82, 2.24) is 20.3 Å². The van der Waals surface area contributed by atoms with Crippen LogP contribution in [0.15, 0.2) is 60.9 Å². The van der Waals surface area contributed by atoms with Gasteiger partial charge in [0.2, 0.25) is 21.9 Å². The number of anilines is 2. The largest absolute Gasteiger partial charge is 0.437 e. The third-order valence-corrected chi connectivity index (χ3v) is 8.41. The smallest absolute Gasteiger partial charge is 0.233 e. The summed E-state index contributed by atoms with van der Waals surface area (Å²) < 4.78 is 35.0. The van der Waals surface area contributed by atoms with Gasteiger partial charge >= 0.3 is 0 Å². The summed E-state index contributed by atoms with van der Waals surface area (Å²) in [5, 5.41) is 8.35. The fourth-order valence-corrected chi connectivity index (χ4v) is 6.66.